The number of halogens is 2. The van der Waals surface area contributed by atoms with E-state index >= 15 is 0 Å². The Hall–Kier alpha value is 0.140. The minimum absolute atomic E-state index is 0.192. The fourth-order valence-corrected chi connectivity index (χ4v) is 4.57. The summed E-state index contributed by atoms with van der Waals surface area (Å²) in [5.74, 6) is 2.85. The normalized spacial score (nSPS) is 22.7. The molecule has 0 bridgehead atoms. The lowest BCUT2D eigenvalue weighted by atomic mass is 9.89. The molecule has 1 aliphatic rings. The van der Waals surface area contributed by atoms with Crippen LogP contribution < -0.4 is 4.74 Å². The number of aryl methyl sites for hydroxylation is 1. The first-order valence-corrected chi connectivity index (χ1v) is 8.49. The molecule has 0 saturated carbocycles. The molecular formula is C14H18BrClOS. The van der Waals surface area contributed by atoms with Gasteiger partial charge in [0.2, 0.25) is 0 Å². The van der Waals surface area contributed by atoms with Gasteiger partial charge in [-0.1, -0.05) is 0 Å². The summed E-state index contributed by atoms with van der Waals surface area (Å²) in [7, 11) is 1.72. The zero-order chi connectivity index (χ0) is 13.2. The molecule has 0 N–H and O–H groups in total. The maximum atomic E-state index is 5.85. The molecule has 0 aromatic heterocycles. The average Bonchev–Trinajstić information content (AvgIpc) is 2.37. The highest BCUT2D eigenvalue weighted by atomic mass is 79.9. The molecule has 1 aromatic rings. The lowest BCUT2D eigenvalue weighted by molar-refractivity contribution is 0.411. The van der Waals surface area contributed by atoms with Gasteiger partial charge >= 0.3 is 0 Å². The topological polar surface area (TPSA) is 9.23 Å². The molecule has 0 fully saturated rings. The van der Waals surface area contributed by atoms with E-state index in [2.05, 4.69) is 46.7 Å². The van der Waals surface area contributed by atoms with E-state index in [0.29, 0.717) is 0 Å². The van der Waals surface area contributed by atoms with E-state index in [1.165, 1.54) is 16.9 Å². The van der Waals surface area contributed by atoms with Gasteiger partial charge in [0.25, 0.3) is 0 Å². The van der Waals surface area contributed by atoms with Crippen molar-refractivity contribution in [2.24, 2.45) is 0 Å². The molecule has 2 rings (SSSR count). The average molecular weight is 350 g/mol. The molecule has 1 aliphatic heterocycles. The lowest BCUT2D eigenvalue weighted by Gasteiger charge is -2.36. The van der Waals surface area contributed by atoms with Crippen molar-refractivity contribution < 1.29 is 4.74 Å². The molecule has 18 heavy (non-hydrogen) atoms. The summed E-state index contributed by atoms with van der Waals surface area (Å²) >= 11 is 11.5. The van der Waals surface area contributed by atoms with E-state index in [-0.39, 0.29) is 4.75 Å². The van der Waals surface area contributed by atoms with Crippen LogP contribution in [0, 0.1) is 0 Å². The predicted molar refractivity (Wildman–Crippen MR) is 84.2 cm³/mol. The first kappa shape index (κ1) is 14.5. The molecular weight excluding hydrogens is 332 g/mol. The minimum atomic E-state index is 0.192. The Morgan fingerprint density at radius 3 is 2.94 bits per heavy atom. The van der Waals surface area contributed by atoms with E-state index in [4.69, 9.17) is 16.3 Å². The first-order chi connectivity index (χ1) is 8.60. The molecule has 1 heterocycles. The third-order valence-electron chi connectivity index (χ3n) is 3.53. The number of thioether (sulfide) groups is 1. The van der Waals surface area contributed by atoms with E-state index < -0.39 is 0 Å². The number of ether oxygens (including phenoxy) is 1. The van der Waals surface area contributed by atoms with Crippen LogP contribution in [0.1, 0.15) is 30.9 Å². The highest BCUT2D eigenvalue weighted by molar-refractivity contribution is 9.10. The van der Waals surface area contributed by atoms with Crippen LogP contribution in [0.4, 0.5) is 0 Å². The SMILES string of the molecule is COc1cc2c(cc1Br)C(C)(CCCCl)SCC2. The van der Waals surface area contributed by atoms with Crippen LogP contribution in [0.5, 0.6) is 5.75 Å². The summed E-state index contributed by atoms with van der Waals surface area (Å²) in [6.45, 7) is 2.33. The summed E-state index contributed by atoms with van der Waals surface area (Å²) in [6.07, 6.45) is 3.32. The summed E-state index contributed by atoms with van der Waals surface area (Å²) in [6, 6.07) is 4.41. The predicted octanol–water partition coefficient (Wildman–Crippen LogP) is 4.98. The van der Waals surface area contributed by atoms with Crippen molar-refractivity contribution in [2.45, 2.75) is 30.9 Å². The van der Waals surface area contributed by atoms with E-state index in [9.17, 15) is 0 Å². The molecule has 0 aliphatic carbocycles. The molecule has 1 nitrogen and oxygen atoms in total. The number of alkyl halides is 1. The molecule has 0 radical (unpaired) electrons. The third-order valence-corrected chi connectivity index (χ3v) is 5.88. The maximum absolute atomic E-state index is 5.85. The highest BCUT2D eigenvalue weighted by Gasteiger charge is 2.33. The van der Waals surface area contributed by atoms with Crippen molar-refractivity contribution in [2.75, 3.05) is 18.7 Å². The molecule has 4 heteroatoms. The zero-order valence-electron chi connectivity index (χ0n) is 10.8. The van der Waals surface area contributed by atoms with Crippen molar-refractivity contribution in [3.05, 3.63) is 27.7 Å². The summed E-state index contributed by atoms with van der Waals surface area (Å²) in [4.78, 5) is 0. The van der Waals surface area contributed by atoms with Gasteiger partial charge in [0.15, 0.2) is 0 Å². The summed E-state index contributed by atoms with van der Waals surface area (Å²) < 4.78 is 6.62. The van der Waals surface area contributed by atoms with Crippen LogP contribution in [-0.2, 0) is 11.2 Å². The van der Waals surface area contributed by atoms with Gasteiger partial charge in [-0.15, -0.1) is 11.6 Å². The Morgan fingerprint density at radius 2 is 2.28 bits per heavy atom. The molecule has 0 amide bonds. The highest BCUT2D eigenvalue weighted by Crippen LogP contribution is 2.48. The minimum Gasteiger partial charge on any atom is -0.496 e. The Labute approximate surface area is 127 Å². The molecule has 0 saturated heterocycles. The molecule has 100 valence electrons. The van der Waals surface area contributed by atoms with E-state index in [0.717, 1.165) is 35.4 Å². The molecule has 1 atom stereocenters. The Bertz CT molecular complexity index is 438. The molecule has 1 unspecified atom stereocenters. The summed E-state index contributed by atoms with van der Waals surface area (Å²) in [5.41, 5.74) is 2.86. The maximum Gasteiger partial charge on any atom is 0.133 e. The number of methoxy groups -OCH3 is 1. The van der Waals surface area contributed by atoms with Crippen molar-refractivity contribution in [1.82, 2.24) is 0 Å². The number of rotatable bonds is 4. The second-order valence-corrected chi connectivity index (χ2v) is 7.60. The van der Waals surface area contributed by atoms with Gasteiger partial charge in [0.1, 0.15) is 5.75 Å². The standard InChI is InChI=1S/C14H18BrClOS/c1-14(5-3-6-16)11-9-12(15)13(17-2)8-10(11)4-7-18-14/h8-9H,3-7H2,1-2H3. The molecule has 0 spiro atoms. The van der Waals surface area contributed by atoms with Gasteiger partial charge in [0, 0.05) is 10.6 Å². The van der Waals surface area contributed by atoms with Crippen LogP contribution in [0.2, 0.25) is 0 Å². The number of fused-ring (bicyclic) bond motifs is 1. The monoisotopic (exact) mass is 348 g/mol. The van der Waals surface area contributed by atoms with Gasteiger partial charge in [-0.3, -0.25) is 0 Å². The second kappa shape index (κ2) is 6.06. The Kier molecular flexibility index (Phi) is 4.90. The van der Waals surface area contributed by atoms with Crippen LogP contribution in [0.15, 0.2) is 16.6 Å². The van der Waals surface area contributed by atoms with Crippen LogP contribution >= 0.6 is 39.3 Å². The van der Waals surface area contributed by atoms with Crippen molar-refractivity contribution in [1.29, 1.82) is 0 Å². The van der Waals surface area contributed by atoms with Gasteiger partial charge in [-0.25, -0.2) is 0 Å². The lowest BCUT2D eigenvalue weighted by Crippen LogP contribution is -2.25. The smallest absolute Gasteiger partial charge is 0.133 e. The Balaban J connectivity index is 2.39. The van der Waals surface area contributed by atoms with Crippen LogP contribution in [0.25, 0.3) is 0 Å². The first-order valence-electron chi connectivity index (χ1n) is 6.17. The molecule has 1 aromatic carbocycles. The van der Waals surface area contributed by atoms with Crippen molar-refractivity contribution >= 4 is 39.3 Å². The Morgan fingerprint density at radius 1 is 1.50 bits per heavy atom. The zero-order valence-corrected chi connectivity index (χ0v) is 13.9. The summed E-state index contributed by atoms with van der Waals surface area (Å²) in [5, 5.41) is 0. The largest absolute Gasteiger partial charge is 0.496 e. The van der Waals surface area contributed by atoms with E-state index in [1.807, 2.05) is 0 Å². The fraction of sp³-hybridized carbons (Fsp3) is 0.571. The van der Waals surface area contributed by atoms with Gasteiger partial charge < -0.3 is 4.74 Å². The number of benzene rings is 1. The van der Waals surface area contributed by atoms with Gasteiger partial charge in [-0.2, -0.15) is 11.8 Å². The van der Waals surface area contributed by atoms with Gasteiger partial charge in [-0.05, 0) is 71.1 Å². The van der Waals surface area contributed by atoms with Crippen LogP contribution in [0.3, 0.4) is 0 Å². The third kappa shape index (κ3) is 2.83. The van der Waals surface area contributed by atoms with Gasteiger partial charge in [0.05, 0.1) is 11.6 Å². The number of hydrogen-bond acceptors (Lipinski definition) is 2. The van der Waals surface area contributed by atoms with Crippen LogP contribution in [-0.4, -0.2) is 18.7 Å². The van der Waals surface area contributed by atoms with E-state index in [1.54, 1.807) is 7.11 Å². The second-order valence-electron chi connectivity index (χ2n) is 4.77. The quantitative estimate of drug-likeness (QED) is 0.709. The van der Waals surface area contributed by atoms with Crippen molar-refractivity contribution in [3.63, 3.8) is 0 Å². The number of hydrogen-bond donors (Lipinski definition) is 0. The fourth-order valence-electron chi connectivity index (χ4n) is 2.53. The van der Waals surface area contributed by atoms with Crippen molar-refractivity contribution in [3.8, 4) is 5.75 Å².